The van der Waals surface area contributed by atoms with Crippen molar-refractivity contribution >= 4 is 12.2 Å². The lowest BCUT2D eigenvalue weighted by Gasteiger charge is -2.17. The van der Waals surface area contributed by atoms with E-state index in [2.05, 4.69) is 0 Å². The molecule has 0 radical (unpaired) electrons. The molecule has 1 aromatic rings. The van der Waals surface area contributed by atoms with Gasteiger partial charge in [-0.2, -0.15) is 0 Å². The van der Waals surface area contributed by atoms with E-state index in [0.717, 1.165) is 19.3 Å². The van der Waals surface area contributed by atoms with Crippen LogP contribution >= 0.6 is 0 Å². The van der Waals surface area contributed by atoms with Crippen LogP contribution < -0.4 is 9.47 Å². The topological polar surface area (TPSA) is 55.8 Å². The maximum atomic E-state index is 11.3. The molecule has 0 unspecified atom stereocenters. The van der Waals surface area contributed by atoms with Crippen LogP contribution in [0.1, 0.15) is 23.7 Å². The summed E-state index contributed by atoms with van der Waals surface area (Å²) in [5.74, 6) is 1.20. The zero-order valence-corrected chi connectivity index (χ0v) is 11.1. The second kappa shape index (κ2) is 5.73. The highest BCUT2D eigenvalue weighted by molar-refractivity contribution is 5.76. The van der Waals surface area contributed by atoms with Crippen molar-refractivity contribution in [1.82, 2.24) is 4.90 Å². The average molecular weight is 263 g/mol. The van der Waals surface area contributed by atoms with Gasteiger partial charge >= 0.3 is 0 Å². The Hall–Kier alpha value is -2.04. The first-order valence-electron chi connectivity index (χ1n) is 6.19. The average Bonchev–Trinajstić information content (AvgIpc) is 2.88. The molecule has 1 aliphatic heterocycles. The van der Waals surface area contributed by atoms with Crippen molar-refractivity contribution in [3.8, 4) is 11.5 Å². The molecule has 0 aromatic heterocycles. The van der Waals surface area contributed by atoms with Crippen LogP contribution in [0.4, 0.5) is 0 Å². The number of carbonyl (C=O) groups is 2. The van der Waals surface area contributed by atoms with Crippen molar-refractivity contribution < 1.29 is 19.1 Å². The number of carbonyl (C=O) groups excluding carboxylic acids is 2. The van der Waals surface area contributed by atoms with E-state index in [0.29, 0.717) is 23.6 Å². The van der Waals surface area contributed by atoms with E-state index in [1.165, 1.54) is 7.11 Å². The number of hydrogen-bond acceptors (Lipinski definition) is 4. The van der Waals surface area contributed by atoms with Gasteiger partial charge in [0.15, 0.2) is 11.5 Å². The first kappa shape index (κ1) is 13.4. The largest absolute Gasteiger partial charge is 0.493 e. The van der Waals surface area contributed by atoms with Crippen LogP contribution in [-0.4, -0.2) is 43.4 Å². The summed E-state index contributed by atoms with van der Waals surface area (Å²) in [4.78, 5) is 23.7. The number of ether oxygens (including phenoxy) is 2. The van der Waals surface area contributed by atoms with Gasteiger partial charge in [0, 0.05) is 25.5 Å². The summed E-state index contributed by atoms with van der Waals surface area (Å²) >= 11 is 0. The number of hydrogen-bond donors (Lipinski definition) is 0. The van der Waals surface area contributed by atoms with Gasteiger partial charge in [0.2, 0.25) is 5.91 Å². The lowest BCUT2D eigenvalue weighted by atomic mass is 10.2. The zero-order valence-electron chi connectivity index (χ0n) is 11.1. The van der Waals surface area contributed by atoms with Gasteiger partial charge in [-0.25, -0.2) is 0 Å². The van der Waals surface area contributed by atoms with E-state index in [4.69, 9.17) is 9.47 Å². The van der Waals surface area contributed by atoms with Crippen LogP contribution in [0.3, 0.4) is 0 Å². The number of aldehydes is 1. The van der Waals surface area contributed by atoms with Crippen molar-refractivity contribution in [3.63, 3.8) is 0 Å². The van der Waals surface area contributed by atoms with Gasteiger partial charge in [-0.05, 0) is 18.2 Å². The fourth-order valence-electron chi connectivity index (χ4n) is 2.14. The highest BCUT2D eigenvalue weighted by Gasteiger charge is 2.26. The summed E-state index contributed by atoms with van der Waals surface area (Å²) in [6.45, 7) is 2.87. The van der Waals surface area contributed by atoms with Gasteiger partial charge in [-0.15, -0.1) is 0 Å². The predicted molar refractivity (Wildman–Crippen MR) is 69.7 cm³/mol. The molecule has 0 spiro atoms. The molecule has 1 fully saturated rings. The van der Waals surface area contributed by atoms with E-state index in [9.17, 15) is 9.59 Å². The minimum Gasteiger partial charge on any atom is -0.493 e. The molecule has 0 bridgehead atoms. The maximum Gasteiger partial charge on any atom is 0.219 e. The third kappa shape index (κ3) is 3.05. The van der Waals surface area contributed by atoms with Crippen molar-refractivity contribution in [2.75, 3.05) is 20.2 Å². The first-order valence-corrected chi connectivity index (χ1v) is 6.19. The zero-order chi connectivity index (χ0) is 13.8. The fourth-order valence-corrected chi connectivity index (χ4v) is 2.14. The Morgan fingerprint density at radius 2 is 2.21 bits per heavy atom. The van der Waals surface area contributed by atoms with Crippen LogP contribution in [0.5, 0.6) is 11.5 Å². The molecular weight excluding hydrogens is 246 g/mol. The second-order valence-corrected chi connectivity index (χ2v) is 4.52. The monoisotopic (exact) mass is 263 g/mol. The Morgan fingerprint density at radius 1 is 1.42 bits per heavy atom. The molecule has 102 valence electrons. The highest BCUT2D eigenvalue weighted by Crippen LogP contribution is 2.30. The van der Waals surface area contributed by atoms with Gasteiger partial charge in [0.25, 0.3) is 0 Å². The van der Waals surface area contributed by atoms with Crippen molar-refractivity contribution in [3.05, 3.63) is 23.8 Å². The molecule has 5 heteroatoms. The molecule has 1 aromatic carbocycles. The number of methoxy groups -OCH3 is 1. The highest BCUT2D eigenvalue weighted by atomic mass is 16.5. The van der Waals surface area contributed by atoms with E-state index in [-0.39, 0.29) is 12.0 Å². The molecule has 1 aliphatic rings. The number of benzene rings is 1. The lowest BCUT2D eigenvalue weighted by Crippen LogP contribution is -2.28. The van der Waals surface area contributed by atoms with Crippen LogP contribution in [0.2, 0.25) is 0 Å². The van der Waals surface area contributed by atoms with Crippen molar-refractivity contribution in [2.24, 2.45) is 0 Å². The fraction of sp³-hybridized carbons (Fsp3) is 0.429. The molecule has 0 N–H and O–H groups in total. The molecule has 0 saturated carbocycles. The van der Waals surface area contributed by atoms with Crippen LogP contribution in [0.25, 0.3) is 0 Å². The van der Waals surface area contributed by atoms with E-state index < -0.39 is 0 Å². The predicted octanol–water partition coefficient (Wildman–Crippen LogP) is 1.51. The summed E-state index contributed by atoms with van der Waals surface area (Å²) in [7, 11) is 1.54. The Bertz CT molecular complexity index is 486. The maximum absolute atomic E-state index is 11.3. The standard InChI is InChI=1S/C14H17NO4/c1-10(17)15-6-5-12(8-15)19-13-4-3-11(9-16)7-14(13)18-2/h3-4,7,9,12H,5-6,8H2,1-2H3/t12-/m0/s1. The summed E-state index contributed by atoms with van der Waals surface area (Å²) in [6, 6.07) is 5.04. The minimum absolute atomic E-state index is 0.0279. The van der Waals surface area contributed by atoms with Gasteiger partial charge < -0.3 is 14.4 Å². The van der Waals surface area contributed by atoms with Gasteiger partial charge in [0.1, 0.15) is 12.4 Å². The van der Waals surface area contributed by atoms with Crippen LogP contribution in [0, 0.1) is 0 Å². The number of rotatable bonds is 4. The molecule has 5 nitrogen and oxygen atoms in total. The second-order valence-electron chi connectivity index (χ2n) is 4.52. The first-order chi connectivity index (χ1) is 9.13. The third-order valence-electron chi connectivity index (χ3n) is 3.21. The Balaban J connectivity index is 2.07. The summed E-state index contributed by atoms with van der Waals surface area (Å²) in [6.07, 6.45) is 1.54. The smallest absolute Gasteiger partial charge is 0.219 e. The van der Waals surface area contributed by atoms with Crippen molar-refractivity contribution in [2.45, 2.75) is 19.4 Å². The molecule has 0 aliphatic carbocycles. The van der Waals surface area contributed by atoms with Gasteiger partial charge in [0.05, 0.1) is 13.7 Å². The third-order valence-corrected chi connectivity index (χ3v) is 3.21. The number of likely N-dealkylation sites (tertiary alicyclic amines) is 1. The van der Waals surface area contributed by atoms with Gasteiger partial charge in [-0.1, -0.05) is 0 Å². The molecule has 1 saturated heterocycles. The SMILES string of the molecule is COc1cc(C=O)ccc1O[C@H]1CCN(C(C)=O)C1. The molecule has 19 heavy (non-hydrogen) atoms. The Labute approximate surface area is 112 Å². The Morgan fingerprint density at radius 3 is 2.79 bits per heavy atom. The summed E-state index contributed by atoms with van der Waals surface area (Å²) in [5.41, 5.74) is 0.543. The summed E-state index contributed by atoms with van der Waals surface area (Å²) < 4.78 is 11.1. The summed E-state index contributed by atoms with van der Waals surface area (Å²) in [5, 5.41) is 0. The Kier molecular flexibility index (Phi) is 4.04. The van der Waals surface area contributed by atoms with Gasteiger partial charge in [-0.3, -0.25) is 9.59 Å². The van der Waals surface area contributed by atoms with E-state index in [1.807, 2.05) is 0 Å². The van der Waals surface area contributed by atoms with E-state index in [1.54, 1.807) is 30.0 Å². The van der Waals surface area contributed by atoms with Crippen LogP contribution in [-0.2, 0) is 4.79 Å². The number of amides is 1. The van der Waals surface area contributed by atoms with Crippen LogP contribution in [0.15, 0.2) is 18.2 Å². The molecule has 1 amide bonds. The molecular formula is C14H17NO4. The normalized spacial score (nSPS) is 18.2. The van der Waals surface area contributed by atoms with Crippen molar-refractivity contribution in [1.29, 1.82) is 0 Å². The molecule has 1 atom stereocenters. The van der Waals surface area contributed by atoms with E-state index >= 15 is 0 Å². The quantitative estimate of drug-likeness (QED) is 0.773. The lowest BCUT2D eigenvalue weighted by molar-refractivity contribution is -0.128. The number of nitrogens with zero attached hydrogens (tertiary/aromatic N) is 1. The minimum atomic E-state index is -0.0279. The molecule has 2 rings (SSSR count). The molecule has 1 heterocycles.